The molecule has 4 heteroatoms. The van der Waals surface area contributed by atoms with Gasteiger partial charge in [-0.25, -0.2) is 0 Å². The Kier molecular flexibility index (Phi) is 9.88. The zero-order valence-electron chi connectivity index (χ0n) is 13.2. The number of piperidine rings is 1. The van der Waals surface area contributed by atoms with Gasteiger partial charge in [-0.2, -0.15) is 0 Å². The Morgan fingerprint density at radius 3 is 2.32 bits per heavy atom. The lowest BCUT2D eigenvalue weighted by Gasteiger charge is -2.39. The fourth-order valence-electron chi connectivity index (χ4n) is 2.15. The normalized spacial score (nSPS) is 17.6. The largest absolute Gasteiger partial charge is 0.380 e. The summed E-state index contributed by atoms with van der Waals surface area (Å²) in [6.07, 6.45) is 3.94. The predicted molar refractivity (Wildman–Crippen MR) is 80.1 cm³/mol. The van der Waals surface area contributed by atoms with Gasteiger partial charge in [0, 0.05) is 19.6 Å². The third kappa shape index (κ3) is 6.92. The predicted octanol–water partition coefficient (Wildman–Crippen LogP) is 2.42. The molecule has 0 aromatic carbocycles. The summed E-state index contributed by atoms with van der Waals surface area (Å²) in [5.74, 6) is 0.222. The first-order valence-electron chi connectivity index (χ1n) is 7.67. The molecule has 1 fully saturated rings. The minimum absolute atomic E-state index is 0.222. The maximum atomic E-state index is 11.9. The summed E-state index contributed by atoms with van der Waals surface area (Å²) in [5, 5.41) is 0. The van der Waals surface area contributed by atoms with E-state index in [0.29, 0.717) is 31.6 Å². The highest BCUT2D eigenvalue weighted by atomic mass is 16.5. The zero-order chi connectivity index (χ0) is 14.7. The quantitative estimate of drug-likeness (QED) is 0.755. The maximum absolute atomic E-state index is 11.9. The van der Waals surface area contributed by atoms with Gasteiger partial charge in [-0.3, -0.25) is 4.79 Å². The van der Waals surface area contributed by atoms with Crippen LogP contribution in [-0.2, 0) is 9.53 Å². The molecular formula is C15H32N2O2. The van der Waals surface area contributed by atoms with E-state index in [1.165, 1.54) is 6.42 Å². The van der Waals surface area contributed by atoms with Gasteiger partial charge in [-0.05, 0) is 18.3 Å². The molecule has 4 nitrogen and oxygen atoms in total. The lowest BCUT2D eigenvalue weighted by molar-refractivity contribution is -0.134. The standard InChI is InChI=1S/C13H26N2O2.C2H6/c1-3-13(2)5-8-15(9-6-13)12(16)4-10-17-11-7-14;1-2/h3-11,14H2,1-2H3;1-2H3. The van der Waals surface area contributed by atoms with Crippen LogP contribution in [0.3, 0.4) is 0 Å². The van der Waals surface area contributed by atoms with Crippen molar-refractivity contribution >= 4 is 5.91 Å². The number of nitrogens with zero attached hydrogens (tertiary/aromatic N) is 1. The lowest BCUT2D eigenvalue weighted by Crippen LogP contribution is -2.42. The number of likely N-dealkylation sites (tertiary alicyclic amines) is 1. The van der Waals surface area contributed by atoms with Gasteiger partial charge in [-0.1, -0.05) is 34.1 Å². The molecule has 1 aliphatic heterocycles. The molecule has 1 saturated heterocycles. The van der Waals surface area contributed by atoms with Crippen molar-refractivity contribution in [2.45, 2.75) is 53.4 Å². The van der Waals surface area contributed by atoms with E-state index in [4.69, 9.17) is 10.5 Å². The number of hydrogen-bond acceptors (Lipinski definition) is 3. The van der Waals surface area contributed by atoms with Crippen molar-refractivity contribution in [3.63, 3.8) is 0 Å². The highest BCUT2D eigenvalue weighted by Crippen LogP contribution is 2.33. The van der Waals surface area contributed by atoms with Crippen molar-refractivity contribution < 1.29 is 9.53 Å². The highest BCUT2D eigenvalue weighted by molar-refractivity contribution is 5.76. The first-order valence-corrected chi connectivity index (χ1v) is 7.67. The number of ether oxygens (including phenoxy) is 1. The number of rotatable bonds is 6. The van der Waals surface area contributed by atoms with Crippen molar-refractivity contribution in [3.8, 4) is 0 Å². The van der Waals surface area contributed by atoms with Gasteiger partial charge in [0.05, 0.1) is 19.6 Å². The third-order valence-corrected chi connectivity index (χ3v) is 3.90. The number of nitrogens with two attached hydrogens (primary N) is 1. The molecule has 0 spiro atoms. The van der Waals surface area contributed by atoms with Gasteiger partial charge in [0.25, 0.3) is 0 Å². The minimum Gasteiger partial charge on any atom is -0.380 e. The Labute approximate surface area is 118 Å². The lowest BCUT2D eigenvalue weighted by atomic mass is 9.78. The van der Waals surface area contributed by atoms with E-state index in [1.54, 1.807) is 0 Å². The van der Waals surface area contributed by atoms with Gasteiger partial charge in [0.15, 0.2) is 0 Å². The van der Waals surface area contributed by atoms with E-state index in [1.807, 2.05) is 18.7 Å². The summed E-state index contributed by atoms with van der Waals surface area (Å²) < 4.78 is 5.23. The van der Waals surface area contributed by atoms with E-state index in [0.717, 1.165) is 25.9 Å². The molecule has 114 valence electrons. The molecule has 0 bridgehead atoms. The molecule has 1 rings (SSSR count). The van der Waals surface area contributed by atoms with Crippen LogP contribution >= 0.6 is 0 Å². The molecule has 0 unspecified atom stereocenters. The molecule has 2 N–H and O–H groups in total. The fourth-order valence-corrected chi connectivity index (χ4v) is 2.15. The fraction of sp³-hybridized carbons (Fsp3) is 0.933. The Bertz CT molecular complexity index is 236. The molecule has 0 radical (unpaired) electrons. The van der Waals surface area contributed by atoms with Crippen molar-refractivity contribution in [2.75, 3.05) is 32.8 Å². The number of amides is 1. The number of hydrogen-bond donors (Lipinski definition) is 1. The third-order valence-electron chi connectivity index (χ3n) is 3.90. The average molecular weight is 272 g/mol. The van der Waals surface area contributed by atoms with Crippen molar-refractivity contribution in [3.05, 3.63) is 0 Å². The molecule has 1 aliphatic rings. The summed E-state index contributed by atoms with van der Waals surface area (Å²) >= 11 is 0. The van der Waals surface area contributed by atoms with Crippen LogP contribution in [0.5, 0.6) is 0 Å². The topological polar surface area (TPSA) is 55.6 Å². The van der Waals surface area contributed by atoms with Crippen molar-refractivity contribution in [1.82, 2.24) is 4.90 Å². The van der Waals surface area contributed by atoms with Gasteiger partial charge in [0.2, 0.25) is 5.91 Å². The minimum atomic E-state index is 0.222. The molecule has 0 aromatic heterocycles. The molecular weight excluding hydrogens is 240 g/mol. The second-order valence-electron chi connectivity index (χ2n) is 5.20. The van der Waals surface area contributed by atoms with Crippen molar-refractivity contribution in [2.24, 2.45) is 11.1 Å². The molecule has 0 aromatic rings. The second kappa shape index (κ2) is 10.2. The van der Waals surface area contributed by atoms with Gasteiger partial charge in [-0.15, -0.1) is 0 Å². The van der Waals surface area contributed by atoms with Crippen LogP contribution in [0.25, 0.3) is 0 Å². The molecule has 19 heavy (non-hydrogen) atoms. The molecule has 0 saturated carbocycles. The molecule has 1 amide bonds. The maximum Gasteiger partial charge on any atom is 0.224 e. The summed E-state index contributed by atoms with van der Waals surface area (Å²) in [5.41, 5.74) is 5.75. The van der Waals surface area contributed by atoms with Crippen molar-refractivity contribution in [1.29, 1.82) is 0 Å². The Hall–Kier alpha value is -0.610. The summed E-state index contributed by atoms with van der Waals surface area (Å²) in [4.78, 5) is 13.9. The van der Waals surface area contributed by atoms with E-state index >= 15 is 0 Å². The second-order valence-corrected chi connectivity index (χ2v) is 5.20. The van der Waals surface area contributed by atoms with Gasteiger partial charge in [0.1, 0.15) is 0 Å². The molecule has 1 heterocycles. The van der Waals surface area contributed by atoms with Crippen LogP contribution in [0, 0.1) is 5.41 Å². The molecule has 0 atom stereocenters. The monoisotopic (exact) mass is 272 g/mol. The first kappa shape index (κ1) is 18.4. The van der Waals surface area contributed by atoms with Crippen LogP contribution in [0.2, 0.25) is 0 Å². The summed E-state index contributed by atoms with van der Waals surface area (Å²) in [6.45, 7) is 11.9. The highest BCUT2D eigenvalue weighted by Gasteiger charge is 2.29. The Balaban J connectivity index is 0.00000154. The summed E-state index contributed by atoms with van der Waals surface area (Å²) in [7, 11) is 0. The van der Waals surface area contributed by atoms with Crippen LogP contribution in [0.1, 0.15) is 53.4 Å². The average Bonchev–Trinajstić information content (AvgIpc) is 2.46. The van der Waals surface area contributed by atoms with E-state index in [9.17, 15) is 4.79 Å². The number of carbonyl (C=O) groups is 1. The van der Waals surface area contributed by atoms with E-state index in [2.05, 4.69) is 13.8 Å². The Morgan fingerprint density at radius 1 is 1.26 bits per heavy atom. The van der Waals surface area contributed by atoms with Crippen LogP contribution < -0.4 is 5.73 Å². The SMILES string of the molecule is CC.CCC1(C)CCN(C(=O)CCOCCN)CC1. The zero-order valence-corrected chi connectivity index (χ0v) is 13.2. The summed E-state index contributed by atoms with van der Waals surface area (Å²) in [6, 6.07) is 0. The van der Waals surface area contributed by atoms with E-state index < -0.39 is 0 Å². The van der Waals surface area contributed by atoms with Crippen LogP contribution in [0.4, 0.5) is 0 Å². The van der Waals surface area contributed by atoms with Gasteiger partial charge >= 0.3 is 0 Å². The molecule has 0 aliphatic carbocycles. The smallest absolute Gasteiger partial charge is 0.224 e. The van der Waals surface area contributed by atoms with Crippen LogP contribution in [-0.4, -0.2) is 43.7 Å². The first-order chi connectivity index (χ1) is 9.11. The van der Waals surface area contributed by atoms with Gasteiger partial charge < -0.3 is 15.4 Å². The van der Waals surface area contributed by atoms with Crippen LogP contribution in [0.15, 0.2) is 0 Å². The number of carbonyl (C=O) groups excluding carboxylic acids is 1. The Morgan fingerprint density at radius 2 is 1.84 bits per heavy atom. The van der Waals surface area contributed by atoms with E-state index in [-0.39, 0.29) is 5.91 Å².